The summed E-state index contributed by atoms with van der Waals surface area (Å²) in [4.78, 5) is 0. The van der Waals surface area contributed by atoms with Gasteiger partial charge in [-0.15, -0.1) is 0 Å². The van der Waals surface area contributed by atoms with Crippen LogP contribution in [0.3, 0.4) is 0 Å². The van der Waals surface area contributed by atoms with Crippen LogP contribution in [-0.2, 0) is 4.74 Å². The lowest BCUT2D eigenvalue weighted by molar-refractivity contribution is 0.178. The van der Waals surface area contributed by atoms with Gasteiger partial charge in [-0.1, -0.05) is 45.4 Å². The number of unbranched alkanes of at least 4 members (excludes halogenated alkanes) is 6. The van der Waals surface area contributed by atoms with Gasteiger partial charge in [0.05, 0.1) is 5.94 Å². The van der Waals surface area contributed by atoms with Crippen LogP contribution in [0, 0.1) is 6.92 Å². The summed E-state index contributed by atoms with van der Waals surface area (Å²) in [5.74, 6) is 0.557. The standard InChI is InChI=1S/C10H21OS/c1-2-3-4-5-6-7-8-9-11-10-12/h12H,1-10H2. The van der Waals surface area contributed by atoms with E-state index in [-0.39, 0.29) is 0 Å². The number of thiol groups is 1. The van der Waals surface area contributed by atoms with E-state index >= 15 is 0 Å². The summed E-state index contributed by atoms with van der Waals surface area (Å²) in [6, 6.07) is 0. The van der Waals surface area contributed by atoms with Crippen molar-refractivity contribution in [2.45, 2.75) is 44.9 Å². The van der Waals surface area contributed by atoms with Crippen molar-refractivity contribution in [1.82, 2.24) is 0 Å². The van der Waals surface area contributed by atoms with Crippen molar-refractivity contribution in [3.05, 3.63) is 6.92 Å². The Labute approximate surface area is 82.3 Å². The lowest BCUT2D eigenvalue weighted by Crippen LogP contribution is -1.91. The average molecular weight is 189 g/mol. The fourth-order valence-corrected chi connectivity index (χ4v) is 1.28. The predicted octanol–water partition coefficient (Wildman–Crippen LogP) is 3.46. The molecule has 0 aliphatic heterocycles. The van der Waals surface area contributed by atoms with Crippen LogP contribution in [0.2, 0.25) is 0 Å². The molecule has 0 bridgehead atoms. The molecule has 0 saturated heterocycles. The average Bonchev–Trinajstić information content (AvgIpc) is 2.10. The molecule has 1 radical (unpaired) electrons. The molecule has 0 aromatic heterocycles. The number of hydrogen-bond donors (Lipinski definition) is 1. The summed E-state index contributed by atoms with van der Waals surface area (Å²) in [6.45, 7) is 4.69. The predicted molar refractivity (Wildman–Crippen MR) is 57.5 cm³/mol. The Morgan fingerprint density at radius 1 is 0.917 bits per heavy atom. The molecule has 2 heteroatoms. The SMILES string of the molecule is [CH2]CCCCCCCCOCS. The molecule has 0 aromatic carbocycles. The first-order valence-corrected chi connectivity index (χ1v) is 5.53. The first kappa shape index (κ1) is 12.3. The van der Waals surface area contributed by atoms with E-state index in [0.29, 0.717) is 5.94 Å². The minimum Gasteiger partial charge on any atom is -0.371 e. The molecule has 0 spiro atoms. The Balaban J connectivity index is 2.73. The lowest BCUT2D eigenvalue weighted by Gasteiger charge is -2.00. The second-order valence-corrected chi connectivity index (χ2v) is 3.27. The maximum Gasteiger partial charge on any atom is 0.0892 e. The van der Waals surface area contributed by atoms with Crippen molar-refractivity contribution >= 4 is 12.6 Å². The highest BCUT2D eigenvalue weighted by atomic mass is 32.1. The minimum absolute atomic E-state index is 0.557. The van der Waals surface area contributed by atoms with Gasteiger partial charge in [-0.3, -0.25) is 0 Å². The topological polar surface area (TPSA) is 9.23 Å². The Kier molecular flexibility index (Phi) is 11.6. The van der Waals surface area contributed by atoms with Crippen LogP contribution in [-0.4, -0.2) is 12.5 Å². The largest absolute Gasteiger partial charge is 0.371 e. The van der Waals surface area contributed by atoms with Crippen molar-refractivity contribution in [3.63, 3.8) is 0 Å². The van der Waals surface area contributed by atoms with Crippen molar-refractivity contribution in [3.8, 4) is 0 Å². The van der Waals surface area contributed by atoms with Gasteiger partial charge in [0.25, 0.3) is 0 Å². The minimum atomic E-state index is 0.557. The molecule has 0 rings (SSSR count). The molecule has 0 aromatic rings. The molecule has 0 fully saturated rings. The van der Waals surface area contributed by atoms with E-state index < -0.39 is 0 Å². The summed E-state index contributed by atoms with van der Waals surface area (Å²) in [5, 5.41) is 0. The molecule has 0 saturated carbocycles. The van der Waals surface area contributed by atoms with Crippen LogP contribution in [0.1, 0.15) is 44.9 Å². The van der Waals surface area contributed by atoms with Crippen LogP contribution < -0.4 is 0 Å². The molecular formula is C10H21OS. The van der Waals surface area contributed by atoms with Crippen molar-refractivity contribution < 1.29 is 4.74 Å². The van der Waals surface area contributed by atoms with Gasteiger partial charge in [-0.25, -0.2) is 0 Å². The smallest absolute Gasteiger partial charge is 0.0892 e. The maximum absolute atomic E-state index is 5.12. The van der Waals surface area contributed by atoms with Gasteiger partial charge in [0.2, 0.25) is 0 Å². The van der Waals surface area contributed by atoms with E-state index in [1.807, 2.05) is 0 Å². The Hall–Kier alpha value is 0.310. The summed E-state index contributed by atoms with van der Waals surface area (Å²) in [5.41, 5.74) is 0. The third-order valence-corrected chi connectivity index (χ3v) is 2.06. The van der Waals surface area contributed by atoms with Crippen LogP contribution in [0.5, 0.6) is 0 Å². The Morgan fingerprint density at radius 2 is 1.50 bits per heavy atom. The number of rotatable bonds is 9. The molecule has 1 nitrogen and oxygen atoms in total. The highest BCUT2D eigenvalue weighted by Gasteiger charge is 1.90. The van der Waals surface area contributed by atoms with E-state index in [4.69, 9.17) is 4.74 Å². The van der Waals surface area contributed by atoms with Crippen molar-refractivity contribution in [1.29, 1.82) is 0 Å². The number of ether oxygens (including phenoxy) is 1. The van der Waals surface area contributed by atoms with Gasteiger partial charge < -0.3 is 4.74 Å². The van der Waals surface area contributed by atoms with Gasteiger partial charge in [-0.05, 0) is 6.42 Å². The highest BCUT2D eigenvalue weighted by Crippen LogP contribution is 2.06. The van der Waals surface area contributed by atoms with Crippen LogP contribution >= 0.6 is 12.6 Å². The van der Waals surface area contributed by atoms with E-state index in [1.165, 1.54) is 38.5 Å². The molecule has 0 aliphatic carbocycles. The van der Waals surface area contributed by atoms with Crippen LogP contribution in [0.25, 0.3) is 0 Å². The van der Waals surface area contributed by atoms with Gasteiger partial charge >= 0.3 is 0 Å². The number of hydrogen-bond acceptors (Lipinski definition) is 2. The van der Waals surface area contributed by atoms with E-state index in [1.54, 1.807) is 0 Å². The fraction of sp³-hybridized carbons (Fsp3) is 0.900. The quantitative estimate of drug-likeness (QED) is 0.332. The van der Waals surface area contributed by atoms with Crippen LogP contribution in [0.4, 0.5) is 0 Å². The molecule has 12 heavy (non-hydrogen) atoms. The summed E-state index contributed by atoms with van der Waals surface area (Å²) in [7, 11) is 0. The Morgan fingerprint density at radius 3 is 2.08 bits per heavy atom. The maximum atomic E-state index is 5.12. The Bertz CT molecular complexity index is 66.2. The first-order valence-electron chi connectivity index (χ1n) is 4.89. The molecule has 73 valence electrons. The molecule has 0 amide bonds. The van der Waals surface area contributed by atoms with Gasteiger partial charge in [0.1, 0.15) is 0 Å². The van der Waals surface area contributed by atoms with E-state index in [9.17, 15) is 0 Å². The normalized spacial score (nSPS) is 10.5. The molecule has 0 heterocycles. The zero-order valence-corrected chi connectivity index (χ0v) is 8.82. The van der Waals surface area contributed by atoms with E-state index in [2.05, 4.69) is 19.6 Å². The van der Waals surface area contributed by atoms with Gasteiger partial charge in [0.15, 0.2) is 0 Å². The molecular weight excluding hydrogens is 168 g/mol. The molecule has 0 N–H and O–H groups in total. The second kappa shape index (κ2) is 11.3. The van der Waals surface area contributed by atoms with Gasteiger partial charge in [-0.2, -0.15) is 12.6 Å². The molecule has 0 atom stereocenters. The molecule has 0 aliphatic rings. The zero-order chi connectivity index (χ0) is 9.07. The highest BCUT2D eigenvalue weighted by molar-refractivity contribution is 7.80. The summed E-state index contributed by atoms with van der Waals surface area (Å²) >= 11 is 3.96. The third-order valence-electron chi connectivity index (χ3n) is 1.88. The molecule has 0 unspecified atom stereocenters. The van der Waals surface area contributed by atoms with Crippen LogP contribution in [0.15, 0.2) is 0 Å². The van der Waals surface area contributed by atoms with Crippen molar-refractivity contribution in [2.75, 3.05) is 12.5 Å². The lowest BCUT2D eigenvalue weighted by atomic mass is 10.1. The zero-order valence-electron chi connectivity index (χ0n) is 7.93. The monoisotopic (exact) mass is 189 g/mol. The van der Waals surface area contributed by atoms with Gasteiger partial charge in [0, 0.05) is 6.61 Å². The fourth-order valence-electron chi connectivity index (χ4n) is 1.15. The first-order chi connectivity index (χ1) is 5.91. The third kappa shape index (κ3) is 10.3. The summed E-state index contributed by atoms with van der Waals surface area (Å²) < 4.78 is 5.12. The van der Waals surface area contributed by atoms with Crippen molar-refractivity contribution in [2.24, 2.45) is 0 Å². The summed E-state index contributed by atoms with van der Waals surface area (Å²) in [6.07, 6.45) is 8.90. The van der Waals surface area contributed by atoms with E-state index in [0.717, 1.165) is 13.0 Å². The second-order valence-electron chi connectivity index (χ2n) is 3.01.